The normalized spacial score (nSPS) is 10.8. The van der Waals surface area contributed by atoms with Crippen molar-refractivity contribution in [3.8, 4) is 17.2 Å². The van der Waals surface area contributed by atoms with E-state index >= 15 is 0 Å². The summed E-state index contributed by atoms with van der Waals surface area (Å²) in [6, 6.07) is 15.2. The molecule has 6 nitrogen and oxygen atoms in total. The van der Waals surface area contributed by atoms with Gasteiger partial charge in [-0.15, -0.1) is 0 Å². The van der Waals surface area contributed by atoms with Crippen LogP contribution in [0.15, 0.2) is 59.2 Å². The number of methoxy groups -OCH3 is 1. The Balaban J connectivity index is 1.47. The number of anilines is 1. The summed E-state index contributed by atoms with van der Waals surface area (Å²) in [7, 11) is 1.60. The highest BCUT2D eigenvalue weighted by atomic mass is 32.1. The molecule has 0 aliphatic rings. The number of nitrogens with one attached hydrogen (secondary N) is 1. The molecule has 0 unspecified atom stereocenters. The molecule has 0 fully saturated rings. The Hall–Kier alpha value is -3.19. The maximum absolute atomic E-state index is 12.3. The van der Waals surface area contributed by atoms with E-state index in [0.29, 0.717) is 22.5 Å². The summed E-state index contributed by atoms with van der Waals surface area (Å²) in [5.74, 6) is 0.984. The van der Waals surface area contributed by atoms with E-state index in [0.717, 1.165) is 15.8 Å². The highest BCUT2D eigenvalue weighted by Crippen LogP contribution is 2.32. The number of nitrogens with zero attached hydrogens (tertiary/aromatic N) is 2. The van der Waals surface area contributed by atoms with Crippen LogP contribution >= 0.6 is 11.3 Å². The van der Waals surface area contributed by atoms with E-state index in [4.69, 9.17) is 9.15 Å². The number of aromatic nitrogens is 2. The van der Waals surface area contributed by atoms with Gasteiger partial charge in [0.25, 0.3) is 0 Å². The lowest BCUT2D eigenvalue weighted by atomic mass is 10.2. The first-order valence-corrected chi connectivity index (χ1v) is 8.78. The lowest BCUT2D eigenvalue weighted by Crippen LogP contribution is -2.14. The van der Waals surface area contributed by atoms with Gasteiger partial charge in [0.1, 0.15) is 17.5 Å². The molecular weight excluding hydrogens is 350 g/mol. The lowest BCUT2D eigenvalue weighted by Gasteiger charge is -1.99. The topological polar surface area (TPSA) is 77.2 Å². The molecule has 130 valence electrons. The fraction of sp³-hybridized carbons (Fsp3) is 0.105. The second-order valence-corrected chi connectivity index (χ2v) is 6.59. The molecule has 1 amide bonds. The van der Waals surface area contributed by atoms with Crippen LogP contribution in [0.25, 0.3) is 21.7 Å². The average molecular weight is 365 g/mol. The maximum Gasteiger partial charge on any atom is 0.232 e. The molecule has 26 heavy (non-hydrogen) atoms. The minimum Gasteiger partial charge on any atom is -0.494 e. The third-order valence-corrected chi connectivity index (χ3v) is 4.70. The number of amides is 1. The largest absolute Gasteiger partial charge is 0.494 e. The van der Waals surface area contributed by atoms with Crippen LogP contribution in [-0.2, 0) is 11.2 Å². The Morgan fingerprint density at radius 3 is 2.81 bits per heavy atom. The minimum atomic E-state index is -0.198. The van der Waals surface area contributed by atoms with E-state index in [1.54, 1.807) is 7.11 Å². The molecule has 1 N–H and O–H groups in total. The maximum atomic E-state index is 12.3. The molecule has 0 saturated carbocycles. The smallest absolute Gasteiger partial charge is 0.232 e. The fourth-order valence-corrected chi connectivity index (χ4v) is 3.47. The molecule has 4 aromatic rings. The van der Waals surface area contributed by atoms with E-state index in [-0.39, 0.29) is 12.3 Å². The second kappa shape index (κ2) is 6.97. The summed E-state index contributed by atoms with van der Waals surface area (Å²) < 4.78 is 11.7. The molecule has 0 aliphatic heterocycles. The van der Waals surface area contributed by atoms with E-state index in [2.05, 4.69) is 15.3 Å². The van der Waals surface area contributed by atoms with Crippen LogP contribution in [0.5, 0.6) is 5.75 Å². The van der Waals surface area contributed by atoms with Crippen LogP contribution in [0, 0.1) is 0 Å². The van der Waals surface area contributed by atoms with Gasteiger partial charge in [0.2, 0.25) is 11.8 Å². The van der Waals surface area contributed by atoms with Gasteiger partial charge in [0.05, 0.1) is 23.9 Å². The number of hydrogen-bond acceptors (Lipinski definition) is 6. The summed E-state index contributed by atoms with van der Waals surface area (Å²) in [6.45, 7) is 0. The third kappa shape index (κ3) is 3.29. The van der Waals surface area contributed by atoms with E-state index in [1.165, 1.54) is 17.6 Å². The number of para-hydroxylation sites is 1. The molecule has 4 rings (SSSR count). The van der Waals surface area contributed by atoms with Gasteiger partial charge >= 0.3 is 0 Å². The highest BCUT2D eigenvalue weighted by Gasteiger charge is 2.14. The molecule has 0 aliphatic carbocycles. The van der Waals surface area contributed by atoms with E-state index in [1.807, 2.05) is 48.5 Å². The van der Waals surface area contributed by atoms with Gasteiger partial charge < -0.3 is 14.5 Å². The number of carbonyl (C=O) groups is 1. The molecule has 0 spiro atoms. The van der Waals surface area contributed by atoms with Gasteiger partial charge in [0, 0.05) is 5.56 Å². The average Bonchev–Trinajstić information content (AvgIpc) is 3.28. The Bertz CT molecular complexity index is 1060. The molecule has 0 saturated heterocycles. The molecule has 0 bridgehead atoms. The Kier molecular flexibility index (Phi) is 4.37. The summed E-state index contributed by atoms with van der Waals surface area (Å²) in [5, 5.41) is 3.34. The van der Waals surface area contributed by atoms with Crippen LogP contribution < -0.4 is 10.1 Å². The van der Waals surface area contributed by atoms with Crippen molar-refractivity contribution in [2.45, 2.75) is 6.42 Å². The van der Waals surface area contributed by atoms with Crippen LogP contribution in [-0.4, -0.2) is 23.0 Å². The number of ether oxygens (including phenoxy) is 1. The zero-order valence-electron chi connectivity index (χ0n) is 13.9. The number of hydrogen-bond donors (Lipinski definition) is 1. The predicted molar refractivity (Wildman–Crippen MR) is 100 cm³/mol. The summed E-state index contributed by atoms with van der Waals surface area (Å²) in [6.07, 6.45) is 1.62. The number of thiazole rings is 1. The van der Waals surface area contributed by atoms with Crippen molar-refractivity contribution in [1.82, 2.24) is 9.97 Å². The Morgan fingerprint density at radius 2 is 2.00 bits per heavy atom. The predicted octanol–water partition coefficient (Wildman–Crippen LogP) is 4.14. The number of carbonyl (C=O) groups excluding carboxylic acids is 1. The molecule has 2 aromatic heterocycles. The SMILES string of the molecule is COc1cccc2sc(NC(=O)Cc3coc(-c4ccccc4)n3)nc12. The third-order valence-electron chi connectivity index (χ3n) is 3.76. The first-order valence-electron chi connectivity index (χ1n) is 7.96. The van der Waals surface area contributed by atoms with Crippen LogP contribution in [0.1, 0.15) is 5.69 Å². The van der Waals surface area contributed by atoms with Gasteiger partial charge in [-0.3, -0.25) is 4.79 Å². The van der Waals surface area contributed by atoms with E-state index < -0.39 is 0 Å². The monoisotopic (exact) mass is 365 g/mol. The van der Waals surface area contributed by atoms with Crippen LogP contribution in [0.3, 0.4) is 0 Å². The Morgan fingerprint density at radius 1 is 1.15 bits per heavy atom. The van der Waals surface area contributed by atoms with Gasteiger partial charge in [0.15, 0.2) is 5.13 Å². The number of fused-ring (bicyclic) bond motifs is 1. The van der Waals surface area contributed by atoms with Crippen LogP contribution in [0.4, 0.5) is 5.13 Å². The molecule has 2 aromatic carbocycles. The zero-order valence-corrected chi connectivity index (χ0v) is 14.7. The van der Waals surface area contributed by atoms with Gasteiger partial charge in [-0.25, -0.2) is 9.97 Å². The highest BCUT2D eigenvalue weighted by molar-refractivity contribution is 7.22. The molecule has 7 heteroatoms. The van der Waals surface area contributed by atoms with Crippen molar-refractivity contribution in [1.29, 1.82) is 0 Å². The first-order chi connectivity index (χ1) is 12.7. The van der Waals surface area contributed by atoms with Crippen LogP contribution in [0.2, 0.25) is 0 Å². The minimum absolute atomic E-state index is 0.114. The second-order valence-electron chi connectivity index (χ2n) is 5.56. The number of benzene rings is 2. The molecular formula is C19H15N3O3S. The standard InChI is InChI=1S/C19H15N3O3S/c1-24-14-8-5-9-15-17(14)22-19(26-15)21-16(23)10-13-11-25-18(20-13)12-6-3-2-4-7-12/h2-9,11H,10H2,1H3,(H,21,22,23). The fourth-order valence-electron chi connectivity index (χ4n) is 2.57. The van der Waals surface area contributed by atoms with Crippen molar-refractivity contribution < 1.29 is 13.9 Å². The van der Waals surface area contributed by atoms with Gasteiger partial charge in [-0.2, -0.15) is 0 Å². The Labute approximate surface area is 153 Å². The summed E-state index contributed by atoms with van der Waals surface area (Å²) >= 11 is 1.40. The zero-order chi connectivity index (χ0) is 17.9. The first kappa shape index (κ1) is 16.3. The van der Waals surface area contributed by atoms with Crippen molar-refractivity contribution in [3.63, 3.8) is 0 Å². The quantitative estimate of drug-likeness (QED) is 0.575. The molecule has 0 atom stereocenters. The summed E-state index contributed by atoms with van der Waals surface area (Å²) in [5.41, 5.74) is 2.18. The number of oxazole rings is 1. The van der Waals surface area contributed by atoms with Crippen molar-refractivity contribution >= 4 is 32.6 Å². The van der Waals surface area contributed by atoms with Gasteiger partial charge in [-0.05, 0) is 24.3 Å². The number of rotatable bonds is 5. The van der Waals surface area contributed by atoms with Gasteiger partial charge in [-0.1, -0.05) is 35.6 Å². The molecule has 2 heterocycles. The van der Waals surface area contributed by atoms with Crippen molar-refractivity contribution in [2.75, 3.05) is 12.4 Å². The summed E-state index contributed by atoms with van der Waals surface area (Å²) in [4.78, 5) is 21.1. The van der Waals surface area contributed by atoms with Crippen molar-refractivity contribution in [2.24, 2.45) is 0 Å². The lowest BCUT2D eigenvalue weighted by molar-refractivity contribution is -0.115. The van der Waals surface area contributed by atoms with E-state index in [9.17, 15) is 4.79 Å². The van der Waals surface area contributed by atoms with Crippen molar-refractivity contribution in [3.05, 3.63) is 60.5 Å². The molecule has 0 radical (unpaired) electrons.